The van der Waals surface area contributed by atoms with E-state index in [1.54, 1.807) is 31.2 Å². The van der Waals surface area contributed by atoms with E-state index >= 15 is 0 Å². The third kappa shape index (κ3) is 4.04. The molecule has 0 aliphatic carbocycles. The van der Waals surface area contributed by atoms with Crippen LogP contribution in [0.2, 0.25) is 0 Å². The van der Waals surface area contributed by atoms with Crippen molar-refractivity contribution in [3.8, 4) is 0 Å². The quantitative estimate of drug-likeness (QED) is 0.764. The van der Waals surface area contributed by atoms with Gasteiger partial charge in [0, 0.05) is 24.5 Å². The SMILES string of the molecule is CCNS(=O)(=O)c1ccc(Nc2cccc(CN)c2)cc1. The van der Waals surface area contributed by atoms with Crippen molar-refractivity contribution in [3.63, 3.8) is 0 Å². The normalized spacial score (nSPS) is 11.3. The fourth-order valence-electron chi connectivity index (χ4n) is 1.93. The van der Waals surface area contributed by atoms with Crippen LogP contribution in [0.15, 0.2) is 53.4 Å². The highest BCUT2D eigenvalue weighted by molar-refractivity contribution is 7.89. The van der Waals surface area contributed by atoms with Crippen LogP contribution < -0.4 is 15.8 Å². The van der Waals surface area contributed by atoms with E-state index in [9.17, 15) is 8.42 Å². The lowest BCUT2D eigenvalue weighted by Crippen LogP contribution is -2.22. The molecule has 21 heavy (non-hydrogen) atoms. The highest BCUT2D eigenvalue weighted by Crippen LogP contribution is 2.19. The van der Waals surface area contributed by atoms with E-state index in [0.717, 1.165) is 16.9 Å². The van der Waals surface area contributed by atoms with Gasteiger partial charge in [0.05, 0.1) is 4.90 Å². The van der Waals surface area contributed by atoms with Crippen LogP contribution in [0, 0.1) is 0 Å². The average Bonchev–Trinajstić information content (AvgIpc) is 2.48. The molecule has 0 amide bonds. The van der Waals surface area contributed by atoms with Crippen molar-refractivity contribution in [1.29, 1.82) is 0 Å². The van der Waals surface area contributed by atoms with Gasteiger partial charge in [0.2, 0.25) is 10.0 Å². The molecule has 0 spiro atoms. The number of hydrogen-bond acceptors (Lipinski definition) is 4. The summed E-state index contributed by atoms with van der Waals surface area (Å²) in [4.78, 5) is 0.255. The van der Waals surface area contributed by atoms with Crippen LogP contribution in [0.3, 0.4) is 0 Å². The molecule has 0 saturated heterocycles. The topological polar surface area (TPSA) is 84.2 Å². The summed E-state index contributed by atoms with van der Waals surface area (Å²) < 4.78 is 26.1. The van der Waals surface area contributed by atoms with Crippen LogP contribution in [0.4, 0.5) is 11.4 Å². The van der Waals surface area contributed by atoms with Gasteiger partial charge in [0.1, 0.15) is 0 Å². The molecular weight excluding hydrogens is 286 g/mol. The van der Waals surface area contributed by atoms with Gasteiger partial charge in [-0.3, -0.25) is 0 Å². The summed E-state index contributed by atoms with van der Waals surface area (Å²) in [6, 6.07) is 14.4. The van der Waals surface area contributed by atoms with E-state index < -0.39 is 10.0 Å². The van der Waals surface area contributed by atoms with Crippen molar-refractivity contribution in [2.24, 2.45) is 5.73 Å². The summed E-state index contributed by atoms with van der Waals surface area (Å²) in [5.41, 5.74) is 8.38. The van der Waals surface area contributed by atoms with Gasteiger partial charge in [0.25, 0.3) is 0 Å². The molecule has 112 valence electrons. The van der Waals surface area contributed by atoms with Gasteiger partial charge in [-0.05, 0) is 42.0 Å². The first kappa shape index (κ1) is 15.5. The first-order valence-electron chi connectivity index (χ1n) is 6.71. The van der Waals surface area contributed by atoms with Crippen molar-refractivity contribution in [2.45, 2.75) is 18.4 Å². The minimum absolute atomic E-state index is 0.255. The number of benzene rings is 2. The molecule has 2 aromatic rings. The number of hydrogen-bond donors (Lipinski definition) is 3. The molecule has 0 bridgehead atoms. The summed E-state index contributed by atoms with van der Waals surface area (Å²) >= 11 is 0. The predicted molar refractivity (Wildman–Crippen MR) is 84.9 cm³/mol. The highest BCUT2D eigenvalue weighted by atomic mass is 32.2. The second-order valence-electron chi connectivity index (χ2n) is 4.56. The van der Waals surface area contributed by atoms with Gasteiger partial charge in [-0.15, -0.1) is 0 Å². The molecule has 0 aliphatic heterocycles. The number of nitrogens with two attached hydrogens (primary N) is 1. The summed E-state index contributed by atoms with van der Waals surface area (Å²) in [5, 5.41) is 3.22. The number of nitrogens with one attached hydrogen (secondary N) is 2. The Kier molecular flexibility index (Phi) is 4.95. The largest absolute Gasteiger partial charge is 0.356 e. The van der Waals surface area contributed by atoms with Gasteiger partial charge in [0.15, 0.2) is 0 Å². The second kappa shape index (κ2) is 6.71. The zero-order valence-corrected chi connectivity index (χ0v) is 12.7. The summed E-state index contributed by atoms with van der Waals surface area (Å²) in [5.74, 6) is 0. The van der Waals surface area contributed by atoms with Crippen molar-refractivity contribution >= 4 is 21.4 Å². The number of rotatable bonds is 6. The van der Waals surface area contributed by atoms with E-state index in [1.165, 1.54) is 0 Å². The Hall–Kier alpha value is -1.89. The third-order valence-electron chi connectivity index (χ3n) is 2.95. The molecule has 2 rings (SSSR count). The van der Waals surface area contributed by atoms with Crippen molar-refractivity contribution in [1.82, 2.24) is 4.72 Å². The van der Waals surface area contributed by atoms with Crippen LogP contribution in [0.5, 0.6) is 0 Å². The minimum Gasteiger partial charge on any atom is -0.356 e. The van der Waals surface area contributed by atoms with Crippen molar-refractivity contribution in [3.05, 3.63) is 54.1 Å². The Morgan fingerprint density at radius 3 is 2.38 bits per heavy atom. The lowest BCUT2D eigenvalue weighted by Gasteiger charge is -2.09. The Labute approximate surface area is 125 Å². The molecule has 0 saturated carbocycles. The van der Waals surface area contributed by atoms with Crippen LogP contribution in [-0.2, 0) is 16.6 Å². The van der Waals surface area contributed by atoms with Crippen LogP contribution in [0.25, 0.3) is 0 Å². The van der Waals surface area contributed by atoms with Gasteiger partial charge < -0.3 is 11.1 Å². The standard InChI is InChI=1S/C15H19N3O2S/c1-2-17-21(19,20)15-8-6-13(7-9-15)18-14-5-3-4-12(10-14)11-16/h3-10,17-18H,2,11,16H2,1H3. The lowest BCUT2D eigenvalue weighted by atomic mass is 10.2. The molecule has 2 aromatic carbocycles. The molecule has 0 radical (unpaired) electrons. The average molecular weight is 305 g/mol. The Bertz CT molecular complexity index is 697. The maximum absolute atomic E-state index is 11.8. The Morgan fingerprint density at radius 1 is 1.05 bits per heavy atom. The lowest BCUT2D eigenvalue weighted by molar-refractivity contribution is 0.584. The molecule has 0 atom stereocenters. The molecule has 6 heteroatoms. The van der Waals surface area contributed by atoms with Gasteiger partial charge >= 0.3 is 0 Å². The third-order valence-corrected chi connectivity index (χ3v) is 4.51. The van der Waals surface area contributed by atoms with Gasteiger partial charge in [-0.25, -0.2) is 13.1 Å². The molecule has 5 nitrogen and oxygen atoms in total. The van der Waals surface area contributed by atoms with E-state index in [4.69, 9.17) is 5.73 Å². The second-order valence-corrected chi connectivity index (χ2v) is 6.32. The molecule has 0 aromatic heterocycles. The molecule has 0 unspecified atom stereocenters. The smallest absolute Gasteiger partial charge is 0.240 e. The molecule has 4 N–H and O–H groups in total. The molecular formula is C15H19N3O2S. The maximum Gasteiger partial charge on any atom is 0.240 e. The molecule has 0 aliphatic rings. The summed E-state index contributed by atoms with van der Waals surface area (Å²) in [6.07, 6.45) is 0. The van der Waals surface area contributed by atoms with E-state index in [2.05, 4.69) is 10.0 Å². The summed E-state index contributed by atoms with van der Waals surface area (Å²) in [7, 11) is -3.40. The van der Waals surface area contributed by atoms with Crippen LogP contribution >= 0.6 is 0 Å². The van der Waals surface area contributed by atoms with Gasteiger partial charge in [-0.1, -0.05) is 19.1 Å². The summed E-state index contributed by atoms with van der Waals surface area (Å²) in [6.45, 7) is 2.60. The highest BCUT2D eigenvalue weighted by Gasteiger charge is 2.11. The number of sulfonamides is 1. The van der Waals surface area contributed by atoms with Crippen LogP contribution in [-0.4, -0.2) is 15.0 Å². The molecule has 0 fully saturated rings. The van der Waals surface area contributed by atoms with Crippen molar-refractivity contribution in [2.75, 3.05) is 11.9 Å². The van der Waals surface area contributed by atoms with Crippen molar-refractivity contribution < 1.29 is 8.42 Å². The van der Waals surface area contributed by atoms with Crippen LogP contribution in [0.1, 0.15) is 12.5 Å². The molecule has 0 heterocycles. The van der Waals surface area contributed by atoms with E-state index in [0.29, 0.717) is 13.1 Å². The monoisotopic (exact) mass is 305 g/mol. The fourth-order valence-corrected chi connectivity index (χ4v) is 2.97. The first-order valence-corrected chi connectivity index (χ1v) is 8.19. The Balaban J connectivity index is 2.16. The number of anilines is 2. The van der Waals surface area contributed by atoms with E-state index in [1.807, 2.05) is 24.3 Å². The predicted octanol–water partition coefficient (Wildman–Crippen LogP) is 2.19. The van der Waals surface area contributed by atoms with Gasteiger partial charge in [-0.2, -0.15) is 0 Å². The van der Waals surface area contributed by atoms with E-state index in [-0.39, 0.29) is 4.90 Å². The zero-order valence-electron chi connectivity index (χ0n) is 11.8. The zero-order chi connectivity index (χ0) is 15.3. The maximum atomic E-state index is 11.8. The minimum atomic E-state index is -3.40. The Morgan fingerprint density at radius 2 is 1.76 bits per heavy atom. The fraction of sp³-hybridized carbons (Fsp3) is 0.200. The first-order chi connectivity index (χ1) is 10.0.